The zero-order valence-electron chi connectivity index (χ0n) is 10.7. The SMILES string of the molecule is CC1(C)CCCC1C(=O)NCCCCCN. The number of rotatable bonds is 6. The predicted molar refractivity (Wildman–Crippen MR) is 67.0 cm³/mol. The van der Waals surface area contributed by atoms with Gasteiger partial charge >= 0.3 is 0 Å². The molecule has 0 spiro atoms. The molecular weight excluding hydrogens is 200 g/mol. The number of hydrogen-bond acceptors (Lipinski definition) is 2. The Morgan fingerprint density at radius 1 is 1.38 bits per heavy atom. The second kappa shape index (κ2) is 6.24. The van der Waals surface area contributed by atoms with Gasteiger partial charge < -0.3 is 11.1 Å². The van der Waals surface area contributed by atoms with Crippen LogP contribution in [0.1, 0.15) is 52.4 Å². The smallest absolute Gasteiger partial charge is 0.223 e. The lowest BCUT2D eigenvalue weighted by atomic mass is 9.81. The summed E-state index contributed by atoms with van der Waals surface area (Å²) in [6.45, 7) is 5.98. The van der Waals surface area contributed by atoms with Crippen LogP contribution in [-0.4, -0.2) is 19.0 Å². The quantitative estimate of drug-likeness (QED) is 0.681. The summed E-state index contributed by atoms with van der Waals surface area (Å²) in [7, 11) is 0. The van der Waals surface area contributed by atoms with Gasteiger partial charge in [0.1, 0.15) is 0 Å². The molecule has 0 aromatic heterocycles. The lowest BCUT2D eigenvalue weighted by Gasteiger charge is -2.25. The molecule has 3 heteroatoms. The van der Waals surface area contributed by atoms with Gasteiger partial charge in [0.25, 0.3) is 0 Å². The number of carbonyl (C=O) groups is 1. The summed E-state index contributed by atoms with van der Waals surface area (Å²) in [5.74, 6) is 0.484. The Kier molecular flexibility index (Phi) is 5.26. The van der Waals surface area contributed by atoms with Crippen LogP contribution in [0.15, 0.2) is 0 Å². The third-order valence-corrected chi connectivity index (χ3v) is 3.75. The van der Waals surface area contributed by atoms with Crippen LogP contribution in [0.4, 0.5) is 0 Å². The summed E-state index contributed by atoms with van der Waals surface area (Å²) in [5.41, 5.74) is 5.61. The number of nitrogens with two attached hydrogens (primary N) is 1. The average Bonchev–Trinajstić information content (AvgIpc) is 2.57. The van der Waals surface area contributed by atoms with Crippen molar-refractivity contribution in [2.45, 2.75) is 52.4 Å². The molecule has 3 N–H and O–H groups in total. The lowest BCUT2D eigenvalue weighted by molar-refractivity contribution is -0.127. The lowest BCUT2D eigenvalue weighted by Crippen LogP contribution is -2.36. The zero-order chi connectivity index (χ0) is 12.0. The molecule has 1 aliphatic rings. The van der Waals surface area contributed by atoms with Gasteiger partial charge in [-0.25, -0.2) is 0 Å². The van der Waals surface area contributed by atoms with Gasteiger partial charge in [-0.15, -0.1) is 0 Å². The Labute approximate surface area is 99.2 Å². The van der Waals surface area contributed by atoms with Crippen molar-refractivity contribution in [1.82, 2.24) is 5.32 Å². The molecule has 1 unspecified atom stereocenters. The van der Waals surface area contributed by atoms with E-state index in [0.29, 0.717) is 0 Å². The molecule has 0 aromatic carbocycles. The van der Waals surface area contributed by atoms with Crippen LogP contribution >= 0.6 is 0 Å². The molecule has 0 radical (unpaired) electrons. The van der Waals surface area contributed by atoms with E-state index in [2.05, 4.69) is 19.2 Å². The fourth-order valence-corrected chi connectivity index (χ4v) is 2.59. The van der Waals surface area contributed by atoms with E-state index < -0.39 is 0 Å². The molecule has 0 saturated heterocycles. The Morgan fingerprint density at radius 3 is 2.69 bits per heavy atom. The van der Waals surface area contributed by atoms with Crippen LogP contribution in [0, 0.1) is 11.3 Å². The van der Waals surface area contributed by atoms with Gasteiger partial charge in [-0.2, -0.15) is 0 Å². The van der Waals surface area contributed by atoms with Gasteiger partial charge in [-0.05, 0) is 37.6 Å². The highest BCUT2D eigenvalue weighted by Crippen LogP contribution is 2.42. The Bertz CT molecular complexity index is 226. The van der Waals surface area contributed by atoms with E-state index in [9.17, 15) is 4.79 Å². The van der Waals surface area contributed by atoms with Crippen LogP contribution in [0.3, 0.4) is 0 Å². The number of nitrogens with one attached hydrogen (secondary N) is 1. The van der Waals surface area contributed by atoms with Gasteiger partial charge in [0, 0.05) is 12.5 Å². The highest BCUT2D eigenvalue weighted by Gasteiger charge is 2.38. The van der Waals surface area contributed by atoms with Crippen molar-refractivity contribution in [1.29, 1.82) is 0 Å². The maximum atomic E-state index is 12.0. The Morgan fingerprint density at radius 2 is 2.12 bits per heavy atom. The van der Waals surface area contributed by atoms with E-state index in [0.717, 1.165) is 38.8 Å². The summed E-state index contributed by atoms with van der Waals surface area (Å²) in [5, 5.41) is 3.06. The molecule has 3 nitrogen and oxygen atoms in total. The molecule has 1 aliphatic carbocycles. The minimum atomic E-state index is 0.196. The van der Waals surface area contributed by atoms with Gasteiger partial charge in [-0.3, -0.25) is 4.79 Å². The van der Waals surface area contributed by atoms with Crippen LogP contribution in [0.25, 0.3) is 0 Å². The molecule has 94 valence electrons. The fraction of sp³-hybridized carbons (Fsp3) is 0.923. The van der Waals surface area contributed by atoms with Gasteiger partial charge in [0.15, 0.2) is 0 Å². The van der Waals surface area contributed by atoms with E-state index in [-0.39, 0.29) is 17.2 Å². The maximum absolute atomic E-state index is 12.0. The van der Waals surface area contributed by atoms with Crippen LogP contribution in [0.2, 0.25) is 0 Å². The first kappa shape index (κ1) is 13.5. The number of amides is 1. The first-order valence-corrected chi connectivity index (χ1v) is 6.56. The van der Waals surface area contributed by atoms with Crippen molar-refractivity contribution in [3.63, 3.8) is 0 Å². The van der Waals surface area contributed by atoms with Gasteiger partial charge in [0.05, 0.1) is 0 Å². The molecule has 0 aliphatic heterocycles. The minimum Gasteiger partial charge on any atom is -0.356 e. The zero-order valence-corrected chi connectivity index (χ0v) is 10.7. The van der Waals surface area contributed by atoms with Crippen molar-refractivity contribution in [3.8, 4) is 0 Å². The monoisotopic (exact) mass is 226 g/mol. The predicted octanol–water partition coefficient (Wildman–Crippen LogP) is 2.06. The Balaban J connectivity index is 2.20. The number of carbonyl (C=O) groups excluding carboxylic acids is 1. The Hall–Kier alpha value is -0.570. The van der Waals surface area contributed by atoms with Gasteiger partial charge in [0.2, 0.25) is 5.91 Å². The van der Waals surface area contributed by atoms with Crippen molar-refractivity contribution < 1.29 is 4.79 Å². The molecule has 0 heterocycles. The summed E-state index contributed by atoms with van der Waals surface area (Å²) in [6, 6.07) is 0. The minimum absolute atomic E-state index is 0.196. The molecule has 1 amide bonds. The molecular formula is C13H26N2O. The maximum Gasteiger partial charge on any atom is 0.223 e. The molecule has 1 atom stereocenters. The van der Waals surface area contributed by atoms with Crippen LogP contribution in [0.5, 0.6) is 0 Å². The fourth-order valence-electron chi connectivity index (χ4n) is 2.59. The summed E-state index contributed by atoms with van der Waals surface area (Å²) >= 11 is 0. The third kappa shape index (κ3) is 3.78. The summed E-state index contributed by atoms with van der Waals surface area (Å²) in [6.07, 6.45) is 6.66. The summed E-state index contributed by atoms with van der Waals surface area (Å²) < 4.78 is 0. The summed E-state index contributed by atoms with van der Waals surface area (Å²) in [4.78, 5) is 12.0. The first-order chi connectivity index (χ1) is 7.58. The van der Waals surface area contributed by atoms with E-state index in [1.807, 2.05) is 0 Å². The molecule has 1 saturated carbocycles. The van der Waals surface area contributed by atoms with Crippen molar-refractivity contribution in [3.05, 3.63) is 0 Å². The standard InChI is InChI=1S/C13H26N2O/c1-13(2)8-6-7-11(13)12(16)15-10-5-3-4-9-14/h11H,3-10,14H2,1-2H3,(H,15,16). The first-order valence-electron chi connectivity index (χ1n) is 6.56. The number of unbranched alkanes of at least 4 members (excludes halogenated alkanes) is 2. The highest BCUT2D eigenvalue weighted by atomic mass is 16.1. The van der Waals surface area contributed by atoms with Gasteiger partial charge in [-0.1, -0.05) is 26.7 Å². The third-order valence-electron chi connectivity index (χ3n) is 3.75. The average molecular weight is 226 g/mol. The second-order valence-corrected chi connectivity index (χ2v) is 5.57. The molecule has 16 heavy (non-hydrogen) atoms. The topological polar surface area (TPSA) is 55.1 Å². The highest BCUT2D eigenvalue weighted by molar-refractivity contribution is 5.79. The van der Waals surface area contributed by atoms with Crippen LogP contribution < -0.4 is 11.1 Å². The second-order valence-electron chi connectivity index (χ2n) is 5.57. The molecule has 0 bridgehead atoms. The van der Waals surface area contributed by atoms with E-state index in [1.165, 1.54) is 12.8 Å². The van der Waals surface area contributed by atoms with Crippen molar-refractivity contribution in [2.24, 2.45) is 17.1 Å². The van der Waals surface area contributed by atoms with Crippen molar-refractivity contribution >= 4 is 5.91 Å². The molecule has 1 rings (SSSR count). The number of hydrogen-bond donors (Lipinski definition) is 2. The molecule has 0 aromatic rings. The van der Waals surface area contributed by atoms with Crippen LogP contribution in [-0.2, 0) is 4.79 Å². The molecule has 1 fully saturated rings. The normalized spacial score (nSPS) is 23.3. The van der Waals surface area contributed by atoms with Crippen molar-refractivity contribution in [2.75, 3.05) is 13.1 Å². The van der Waals surface area contributed by atoms with E-state index in [1.54, 1.807) is 0 Å². The van der Waals surface area contributed by atoms with E-state index in [4.69, 9.17) is 5.73 Å². The van der Waals surface area contributed by atoms with E-state index >= 15 is 0 Å². The largest absolute Gasteiger partial charge is 0.356 e.